The SMILES string of the molecule is CCc1c(C#N)c(-c2ccc(-c3ccc(F)cc3F)cc2)c(C(=O)NS(C)(=O)=O)n1C. The normalized spacial score (nSPS) is 11.2. The molecule has 0 bridgehead atoms. The molecule has 0 fully saturated rings. The van der Waals surface area contributed by atoms with Gasteiger partial charge in [0.2, 0.25) is 10.0 Å². The van der Waals surface area contributed by atoms with Crippen LogP contribution >= 0.6 is 0 Å². The Morgan fingerprint density at radius 2 is 1.74 bits per heavy atom. The summed E-state index contributed by atoms with van der Waals surface area (Å²) in [6.45, 7) is 1.82. The molecule has 0 aliphatic heterocycles. The van der Waals surface area contributed by atoms with Crippen LogP contribution in [0.4, 0.5) is 8.78 Å². The van der Waals surface area contributed by atoms with E-state index in [9.17, 15) is 27.3 Å². The number of hydrogen-bond acceptors (Lipinski definition) is 4. The van der Waals surface area contributed by atoms with Gasteiger partial charge in [0.05, 0.1) is 11.8 Å². The van der Waals surface area contributed by atoms with Crippen LogP contribution in [0.15, 0.2) is 42.5 Å². The van der Waals surface area contributed by atoms with Crippen LogP contribution in [0.2, 0.25) is 0 Å². The highest BCUT2D eigenvalue weighted by Crippen LogP contribution is 2.34. The number of nitrogens with one attached hydrogen (secondary N) is 1. The fraction of sp³-hybridized carbons (Fsp3) is 0.182. The molecule has 0 aliphatic rings. The van der Waals surface area contributed by atoms with Crippen LogP contribution < -0.4 is 4.72 Å². The van der Waals surface area contributed by atoms with Gasteiger partial charge in [-0.2, -0.15) is 5.26 Å². The minimum Gasteiger partial charge on any atom is -0.342 e. The van der Waals surface area contributed by atoms with Crippen LogP contribution in [-0.2, 0) is 23.5 Å². The van der Waals surface area contributed by atoms with Gasteiger partial charge in [-0.05, 0) is 29.7 Å². The summed E-state index contributed by atoms with van der Waals surface area (Å²) in [4.78, 5) is 12.7. The zero-order valence-corrected chi connectivity index (χ0v) is 17.8. The number of hydrogen-bond donors (Lipinski definition) is 1. The molecule has 3 rings (SSSR count). The van der Waals surface area contributed by atoms with E-state index >= 15 is 0 Å². The van der Waals surface area contributed by atoms with Gasteiger partial charge >= 0.3 is 0 Å². The predicted octanol–water partition coefficient (Wildman–Crippen LogP) is 3.76. The predicted molar refractivity (Wildman–Crippen MR) is 113 cm³/mol. The number of carbonyl (C=O) groups is 1. The Labute approximate surface area is 178 Å². The van der Waals surface area contributed by atoms with Crippen molar-refractivity contribution in [2.24, 2.45) is 7.05 Å². The summed E-state index contributed by atoms with van der Waals surface area (Å²) in [7, 11) is -2.24. The Balaban J connectivity index is 2.17. The summed E-state index contributed by atoms with van der Waals surface area (Å²) in [5, 5.41) is 9.74. The molecule has 9 heteroatoms. The maximum atomic E-state index is 14.1. The van der Waals surface area contributed by atoms with Crippen molar-refractivity contribution in [3.05, 3.63) is 71.1 Å². The minimum atomic E-state index is -3.82. The lowest BCUT2D eigenvalue weighted by molar-refractivity contribution is 0.0974. The van der Waals surface area contributed by atoms with Crippen molar-refractivity contribution in [3.63, 3.8) is 0 Å². The number of nitrogens with zero attached hydrogens (tertiary/aromatic N) is 2. The lowest BCUT2D eigenvalue weighted by Crippen LogP contribution is -2.31. The second kappa shape index (κ2) is 8.32. The molecule has 160 valence electrons. The van der Waals surface area contributed by atoms with Gasteiger partial charge in [0.25, 0.3) is 5.91 Å². The smallest absolute Gasteiger partial charge is 0.282 e. The van der Waals surface area contributed by atoms with Gasteiger partial charge in [-0.3, -0.25) is 4.79 Å². The van der Waals surface area contributed by atoms with E-state index in [-0.39, 0.29) is 22.4 Å². The summed E-state index contributed by atoms with van der Waals surface area (Å²) in [5.41, 5.74) is 2.30. The molecule has 2 aromatic carbocycles. The van der Waals surface area contributed by atoms with Gasteiger partial charge in [0, 0.05) is 29.9 Å². The highest BCUT2D eigenvalue weighted by molar-refractivity contribution is 7.89. The molecule has 31 heavy (non-hydrogen) atoms. The molecular weight excluding hydrogens is 424 g/mol. The summed E-state index contributed by atoms with van der Waals surface area (Å²) in [6, 6.07) is 11.7. The maximum absolute atomic E-state index is 14.1. The number of amides is 1. The molecule has 6 nitrogen and oxygen atoms in total. The second-order valence-electron chi connectivity index (χ2n) is 6.97. The topological polar surface area (TPSA) is 92.0 Å². The van der Waals surface area contributed by atoms with Gasteiger partial charge in [0.1, 0.15) is 23.4 Å². The van der Waals surface area contributed by atoms with Crippen LogP contribution in [0.3, 0.4) is 0 Å². The number of rotatable bonds is 5. The van der Waals surface area contributed by atoms with Crippen molar-refractivity contribution in [3.8, 4) is 28.3 Å². The lowest BCUT2D eigenvalue weighted by atomic mass is 9.97. The summed E-state index contributed by atoms with van der Waals surface area (Å²) in [6.07, 6.45) is 1.31. The quantitative estimate of drug-likeness (QED) is 0.650. The molecule has 1 aromatic heterocycles. The third kappa shape index (κ3) is 4.34. The zero-order chi connectivity index (χ0) is 22.9. The highest BCUT2D eigenvalue weighted by atomic mass is 32.2. The fourth-order valence-corrected chi connectivity index (χ4v) is 4.00. The van der Waals surface area contributed by atoms with Gasteiger partial charge in [-0.1, -0.05) is 31.2 Å². The number of halogens is 2. The Hall–Kier alpha value is -3.51. The first-order valence-corrected chi connectivity index (χ1v) is 11.2. The first kappa shape index (κ1) is 22.2. The monoisotopic (exact) mass is 443 g/mol. The number of carbonyl (C=O) groups excluding carboxylic acids is 1. The molecule has 1 N–H and O–H groups in total. The third-order valence-corrected chi connectivity index (χ3v) is 5.43. The fourth-order valence-electron chi connectivity index (χ4n) is 3.57. The Morgan fingerprint density at radius 3 is 2.26 bits per heavy atom. The van der Waals surface area contributed by atoms with Crippen LogP contribution in [0, 0.1) is 23.0 Å². The Kier molecular flexibility index (Phi) is 5.95. The Morgan fingerprint density at radius 1 is 1.13 bits per heavy atom. The van der Waals surface area contributed by atoms with Crippen molar-refractivity contribution in [2.75, 3.05) is 6.26 Å². The number of sulfonamides is 1. The second-order valence-corrected chi connectivity index (χ2v) is 8.72. The average molecular weight is 443 g/mol. The number of aromatic nitrogens is 1. The van der Waals surface area contributed by atoms with Crippen molar-refractivity contribution in [1.82, 2.24) is 9.29 Å². The zero-order valence-electron chi connectivity index (χ0n) is 17.0. The van der Waals surface area contributed by atoms with E-state index in [4.69, 9.17) is 0 Å². The van der Waals surface area contributed by atoms with Crippen molar-refractivity contribution < 1.29 is 22.0 Å². The number of benzene rings is 2. The van der Waals surface area contributed by atoms with Crippen LogP contribution in [-0.4, -0.2) is 25.1 Å². The molecule has 3 aromatic rings. The van der Waals surface area contributed by atoms with Crippen LogP contribution in [0.25, 0.3) is 22.3 Å². The summed E-state index contributed by atoms with van der Waals surface area (Å²) in [5.74, 6) is -2.26. The first-order chi connectivity index (χ1) is 14.6. The van der Waals surface area contributed by atoms with Crippen LogP contribution in [0.5, 0.6) is 0 Å². The summed E-state index contributed by atoms with van der Waals surface area (Å²) >= 11 is 0. The van der Waals surface area contributed by atoms with E-state index in [1.807, 2.05) is 11.6 Å². The molecule has 0 saturated carbocycles. The van der Waals surface area contributed by atoms with E-state index in [2.05, 4.69) is 6.07 Å². The van der Waals surface area contributed by atoms with Crippen molar-refractivity contribution >= 4 is 15.9 Å². The molecule has 1 heterocycles. The highest BCUT2D eigenvalue weighted by Gasteiger charge is 2.27. The Bertz CT molecular complexity index is 1320. The molecule has 0 unspecified atom stereocenters. The average Bonchev–Trinajstić information content (AvgIpc) is 2.98. The standard InChI is InChI=1S/C22H19F2N3O3S/c1-4-19-17(12-25)20(21(27(19)2)22(28)26-31(3,29)30)14-7-5-13(6-8-14)16-10-9-15(23)11-18(16)24/h5-11H,4H2,1-3H3,(H,26,28). The van der Waals surface area contributed by atoms with Gasteiger partial charge in [-0.25, -0.2) is 21.9 Å². The van der Waals surface area contributed by atoms with E-state index in [1.54, 1.807) is 31.3 Å². The molecule has 0 saturated heterocycles. The van der Waals surface area contributed by atoms with Gasteiger partial charge in [-0.15, -0.1) is 0 Å². The van der Waals surface area contributed by atoms with E-state index in [0.29, 0.717) is 23.2 Å². The number of nitriles is 1. The molecular formula is C22H19F2N3O3S. The molecule has 0 spiro atoms. The molecule has 1 amide bonds. The first-order valence-electron chi connectivity index (χ1n) is 9.27. The van der Waals surface area contributed by atoms with Gasteiger partial charge in [0.15, 0.2) is 0 Å². The van der Waals surface area contributed by atoms with Crippen molar-refractivity contribution in [2.45, 2.75) is 13.3 Å². The van der Waals surface area contributed by atoms with E-state index < -0.39 is 27.6 Å². The molecule has 0 aliphatic carbocycles. The maximum Gasteiger partial charge on any atom is 0.282 e. The van der Waals surface area contributed by atoms with Gasteiger partial charge < -0.3 is 4.57 Å². The van der Waals surface area contributed by atoms with Crippen LogP contribution in [0.1, 0.15) is 28.7 Å². The third-order valence-electron chi connectivity index (χ3n) is 4.87. The minimum absolute atomic E-state index is 0.0273. The largest absolute Gasteiger partial charge is 0.342 e. The van der Waals surface area contributed by atoms with E-state index in [1.165, 1.54) is 10.6 Å². The van der Waals surface area contributed by atoms with E-state index in [0.717, 1.165) is 18.4 Å². The lowest BCUT2D eigenvalue weighted by Gasteiger charge is -2.10. The summed E-state index contributed by atoms with van der Waals surface area (Å²) < 4.78 is 53.9. The van der Waals surface area contributed by atoms with Crippen molar-refractivity contribution in [1.29, 1.82) is 5.26 Å². The molecule has 0 radical (unpaired) electrons. The molecule has 0 atom stereocenters.